The van der Waals surface area contributed by atoms with Gasteiger partial charge in [0.2, 0.25) is 0 Å². The Hall–Kier alpha value is -1.36. The highest BCUT2D eigenvalue weighted by atomic mass is 32.2. The van der Waals surface area contributed by atoms with Crippen molar-refractivity contribution in [2.75, 3.05) is 24.3 Å². The molecule has 0 aliphatic rings. The van der Waals surface area contributed by atoms with Crippen molar-refractivity contribution >= 4 is 29.1 Å². The largest absolute Gasteiger partial charge is 0.462 e. The second-order valence-electron chi connectivity index (χ2n) is 2.87. The van der Waals surface area contributed by atoms with Crippen LogP contribution in [0.4, 0.5) is 11.4 Å². The number of ether oxygens (including phenoxy) is 1. The van der Waals surface area contributed by atoms with Crippen LogP contribution in [0.15, 0.2) is 17.0 Å². The molecule has 0 aliphatic heterocycles. The van der Waals surface area contributed by atoms with Crippen LogP contribution in [-0.2, 0) is 4.74 Å². The minimum Gasteiger partial charge on any atom is -0.462 e. The van der Waals surface area contributed by atoms with E-state index < -0.39 is 5.97 Å². The molecule has 0 atom stereocenters. The molecule has 4 N–H and O–H groups in total. The molecule has 5 heteroatoms. The zero-order chi connectivity index (χ0) is 11.4. The third-order valence-corrected chi connectivity index (χ3v) is 2.72. The molecule has 0 amide bonds. The van der Waals surface area contributed by atoms with Gasteiger partial charge in [0.25, 0.3) is 0 Å². The molecule has 1 rings (SSSR count). The van der Waals surface area contributed by atoms with Gasteiger partial charge in [-0.2, -0.15) is 0 Å². The Bertz CT molecular complexity index is 380. The Labute approximate surface area is 93.0 Å². The number of hydrogen-bond donors (Lipinski definition) is 2. The van der Waals surface area contributed by atoms with Crippen molar-refractivity contribution in [1.29, 1.82) is 0 Å². The molecule has 1 aromatic carbocycles. The lowest BCUT2D eigenvalue weighted by atomic mass is 10.1. The lowest BCUT2D eigenvalue weighted by Crippen LogP contribution is -2.11. The summed E-state index contributed by atoms with van der Waals surface area (Å²) in [6, 6.07) is 3.45. The highest BCUT2D eigenvalue weighted by molar-refractivity contribution is 7.98. The van der Waals surface area contributed by atoms with Gasteiger partial charge in [-0.3, -0.25) is 0 Å². The van der Waals surface area contributed by atoms with Crippen molar-refractivity contribution in [2.24, 2.45) is 0 Å². The minimum atomic E-state index is -0.424. The molecule has 1 aromatic rings. The lowest BCUT2D eigenvalue weighted by molar-refractivity contribution is 0.0523. The van der Waals surface area contributed by atoms with Gasteiger partial charge in [-0.15, -0.1) is 11.8 Å². The number of nitrogen functional groups attached to an aromatic ring is 2. The number of carbonyl (C=O) groups excluding carboxylic acids is 1. The van der Waals surface area contributed by atoms with Crippen LogP contribution in [0.2, 0.25) is 0 Å². The molecule has 0 spiro atoms. The van der Waals surface area contributed by atoms with Gasteiger partial charge in [-0.25, -0.2) is 4.79 Å². The number of esters is 1. The highest BCUT2D eigenvalue weighted by Crippen LogP contribution is 2.30. The van der Waals surface area contributed by atoms with E-state index in [-0.39, 0.29) is 0 Å². The Balaban J connectivity index is 3.23. The average Bonchev–Trinajstić information content (AvgIpc) is 2.22. The normalized spacial score (nSPS) is 10.0. The number of nitrogens with two attached hydrogens (primary N) is 2. The van der Waals surface area contributed by atoms with Gasteiger partial charge >= 0.3 is 5.97 Å². The van der Waals surface area contributed by atoms with Crippen LogP contribution in [0.5, 0.6) is 0 Å². The molecule has 0 fully saturated rings. The third-order valence-electron chi connectivity index (χ3n) is 1.94. The van der Waals surface area contributed by atoms with Crippen LogP contribution in [0, 0.1) is 0 Å². The first-order valence-corrected chi connectivity index (χ1v) is 5.73. The number of benzene rings is 1. The molecular weight excluding hydrogens is 212 g/mol. The molecule has 0 radical (unpaired) electrons. The Morgan fingerprint density at radius 3 is 2.67 bits per heavy atom. The first-order valence-electron chi connectivity index (χ1n) is 4.50. The summed E-state index contributed by atoms with van der Waals surface area (Å²) >= 11 is 1.44. The van der Waals surface area contributed by atoms with E-state index in [1.165, 1.54) is 11.8 Å². The molecule has 0 unspecified atom stereocenters. The second-order valence-corrected chi connectivity index (χ2v) is 3.71. The fourth-order valence-electron chi connectivity index (χ4n) is 1.20. The van der Waals surface area contributed by atoms with E-state index in [2.05, 4.69) is 0 Å². The molecule has 0 saturated heterocycles. The monoisotopic (exact) mass is 226 g/mol. The molecule has 0 bridgehead atoms. The molecule has 0 heterocycles. The van der Waals surface area contributed by atoms with Gasteiger partial charge in [-0.1, -0.05) is 0 Å². The van der Waals surface area contributed by atoms with Crippen molar-refractivity contribution in [3.63, 3.8) is 0 Å². The van der Waals surface area contributed by atoms with Gasteiger partial charge in [-0.05, 0) is 25.3 Å². The van der Waals surface area contributed by atoms with Crippen molar-refractivity contribution in [3.8, 4) is 0 Å². The SMILES string of the molecule is CCOC(=O)c1c(SC)ccc(N)c1N. The van der Waals surface area contributed by atoms with E-state index in [0.29, 0.717) is 23.5 Å². The molecule has 0 saturated carbocycles. The molecule has 82 valence electrons. The maximum absolute atomic E-state index is 11.6. The molecule has 4 nitrogen and oxygen atoms in total. The van der Waals surface area contributed by atoms with Crippen molar-refractivity contribution in [3.05, 3.63) is 17.7 Å². The number of carbonyl (C=O) groups is 1. The summed E-state index contributed by atoms with van der Waals surface area (Å²) in [4.78, 5) is 12.4. The van der Waals surface area contributed by atoms with E-state index >= 15 is 0 Å². The quantitative estimate of drug-likeness (QED) is 0.466. The average molecular weight is 226 g/mol. The second kappa shape index (κ2) is 4.93. The predicted octanol–water partition coefficient (Wildman–Crippen LogP) is 1.75. The van der Waals surface area contributed by atoms with Crippen LogP contribution in [0.3, 0.4) is 0 Å². The molecular formula is C10H14N2O2S. The topological polar surface area (TPSA) is 78.3 Å². The van der Waals surface area contributed by atoms with E-state index in [9.17, 15) is 4.79 Å². The smallest absolute Gasteiger partial charge is 0.341 e. The van der Waals surface area contributed by atoms with Gasteiger partial charge in [0.05, 0.1) is 23.5 Å². The summed E-state index contributed by atoms with van der Waals surface area (Å²) in [7, 11) is 0. The summed E-state index contributed by atoms with van der Waals surface area (Å²) in [5.41, 5.74) is 12.4. The zero-order valence-electron chi connectivity index (χ0n) is 8.74. The molecule has 0 aromatic heterocycles. The summed E-state index contributed by atoms with van der Waals surface area (Å²) in [5, 5.41) is 0. The summed E-state index contributed by atoms with van der Waals surface area (Å²) in [5.74, 6) is -0.424. The maximum Gasteiger partial charge on any atom is 0.341 e. The standard InChI is InChI=1S/C10H14N2O2S/c1-3-14-10(13)8-7(15-2)5-4-6(11)9(8)12/h4-5H,3,11-12H2,1-2H3. The van der Waals surface area contributed by atoms with Crippen LogP contribution in [-0.4, -0.2) is 18.8 Å². The van der Waals surface area contributed by atoms with Crippen molar-refractivity contribution in [2.45, 2.75) is 11.8 Å². The number of rotatable bonds is 3. The molecule has 0 aliphatic carbocycles. The van der Waals surface area contributed by atoms with Crippen molar-refractivity contribution in [1.82, 2.24) is 0 Å². The Kier molecular flexibility index (Phi) is 3.85. The number of anilines is 2. The first kappa shape index (κ1) is 11.7. The fourth-order valence-corrected chi connectivity index (χ4v) is 1.80. The predicted molar refractivity (Wildman–Crippen MR) is 63.0 cm³/mol. The fraction of sp³-hybridized carbons (Fsp3) is 0.300. The number of thioether (sulfide) groups is 1. The Morgan fingerprint density at radius 1 is 1.47 bits per heavy atom. The van der Waals surface area contributed by atoms with E-state index in [1.54, 1.807) is 19.1 Å². The summed E-state index contributed by atoms with van der Waals surface area (Å²) in [6.45, 7) is 2.07. The summed E-state index contributed by atoms with van der Waals surface area (Å²) in [6.07, 6.45) is 1.87. The van der Waals surface area contributed by atoms with E-state index in [1.807, 2.05) is 6.26 Å². The summed E-state index contributed by atoms with van der Waals surface area (Å²) < 4.78 is 4.92. The van der Waals surface area contributed by atoms with Gasteiger partial charge < -0.3 is 16.2 Å². The highest BCUT2D eigenvalue weighted by Gasteiger charge is 2.17. The first-order chi connectivity index (χ1) is 7.11. The van der Waals surface area contributed by atoms with Crippen LogP contribution in [0.1, 0.15) is 17.3 Å². The maximum atomic E-state index is 11.6. The van der Waals surface area contributed by atoms with Gasteiger partial charge in [0.1, 0.15) is 0 Å². The van der Waals surface area contributed by atoms with Crippen molar-refractivity contribution < 1.29 is 9.53 Å². The zero-order valence-corrected chi connectivity index (χ0v) is 9.56. The van der Waals surface area contributed by atoms with Gasteiger partial charge in [0, 0.05) is 4.90 Å². The van der Waals surface area contributed by atoms with Gasteiger partial charge in [0.15, 0.2) is 0 Å². The lowest BCUT2D eigenvalue weighted by Gasteiger charge is -2.11. The third kappa shape index (κ3) is 2.36. The van der Waals surface area contributed by atoms with E-state index in [0.717, 1.165) is 4.90 Å². The Morgan fingerprint density at radius 2 is 2.13 bits per heavy atom. The van der Waals surface area contributed by atoms with Crippen LogP contribution < -0.4 is 11.5 Å². The van der Waals surface area contributed by atoms with Crippen LogP contribution in [0.25, 0.3) is 0 Å². The number of hydrogen-bond acceptors (Lipinski definition) is 5. The van der Waals surface area contributed by atoms with Crippen LogP contribution >= 0.6 is 11.8 Å². The molecule has 15 heavy (non-hydrogen) atoms. The van der Waals surface area contributed by atoms with E-state index in [4.69, 9.17) is 16.2 Å². The minimum absolute atomic E-state index is 0.292.